The summed E-state index contributed by atoms with van der Waals surface area (Å²) in [6.45, 7) is 2.26. The molecule has 0 rings (SSSR count). The average molecular weight is 326 g/mol. The van der Waals surface area contributed by atoms with Crippen LogP contribution in [0.25, 0.3) is 0 Å². The maximum atomic E-state index is 10.2. The van der Waals surface area contributed by atoms with Crippen molar-refractivity contribution in [1.82, 2.24) is 0 Å². The van der Waals surface area contributed by atoms with Gasteiger partial charge in [0.1, 0.15) is 0 Å². The fourth-order valence-electron chi connectivity index (χ4n) is 2.34. The Balaban J connectivity index is 0. The van der Waals surface area contributed by atoms with Gasteiger partial charge in [-0.2, -0.15) is 0 Å². The van der Waals surface area contributed by atoms with Crippen LogP contribution in [0.4, 0.5) is 0 Å². The fraction of sp³-hybridized carbons (Fsp3) is 0.833. The molecule has 0 amide bonds. The van der Waals surface area contributed by atoms with Crippen molar-refractivity contribution in [1.29, 1.82) is 0 Å². The van der Waals surface area contributed by atoms with E-state index in [9.17, 15) is 9.90 Å². The second-order valence-corrected chi connectivity index (χ2v) is 5.71. The summed E-state index contributed by atoms with van der Waals surface area (Å²) in [6.07, 6.45) is 20.9. The van der Waals surface area contributed by atoms with E-state index in [1.807, 2.05) is 0 Å². The van der Waals surface area contributed by atoms with Gasteiger partial charge < -0.3 is 9.90 Å². The van der Waals surface area contributed by atoms with Crippen LogP contribution in [-0.4, -0.2) is 5.97 Å². The van der Waals surface area contributed by atoms with Gasteiger partial charge in [0, 0.05) is 5.97 Å². The van der Waals surface area contributed by atoms with Crippen LogP contribution in [0.15, 0.2) is 12.2 Å². The number of unbranched alkanes of at least 4 members (excludes halogenated alkanes) is 11. The number of carboxylic acids is 1. The van der Waals surface area contributed by atoms with Crippen molar-refractivity contribution in [3.63, 3.8) is 0 Å². The van der Waals surface area contributed by atoms with Crippen LogP contribution >= 0.6 is 0 Å². The normalized spacial score (nSPS) is 10.7. The van der Waals surface area contributed by atoms with Gasteiger partial charge in [-0.1, -0.05) is 70.4 Å². The van der Waals surface area contributed by atoms with Gasteiger partial charge in [-0.25, -0.2) is 0 Å². The molecule has 0 saturated heterocycles. The van der Waals surface area contributed by atoms with Gasteiger partial charge in [0.15, 0.2) is 0 Å². The molecule has 0 atom stereocenters. The van der Waals surface area contributed by atoms with Crippen molar-refractivity contribution in [2.24, 2.45) is 0 Å². The molecule has 0 aromatic heterocycles. The van der Waals surface area contributed by atoms with E-state index < -0.39 is 5.97 Å². The van der Waals surface area contributed by atoms with Gasteiger partial charge in [-0.15, -0.1) is 0 Å². The Morgan fingerprint density at radius 3 is 1.67 bits per heavy atom. The van der Waals surface area contributed by atoms with Crippen molar-refractivity contribution in [3.8, 4) is 0 Å². The summed E-state index contributed by atoms with van der Waals surface area (Å²) < 4.78 is 0. The molecule has 0 unspecified atom stereocenters. The third kappa shape index (κ3) is 23.2. The smallest absolute Gasteiger partial charge is 0.550 e. The van der Waals surface area contributed by atoms with Gasteiger partial charge in [0.05, 0.1) is 0 Å². The van der Waals surface area contributed by atoms with E-state index in [-0.39, 0.29) is 57.8 Å². The Labute approximate surface area is 174 Å². The predicted molar refractivity (Wildman–Crippen MR) is 84.5 cm³/mol. The quantitative estimate of drug-likeness (QED) is 0.199. The molecular formula is C18H33KO2. The molecular weight excluding hydrogens is 292 g/mol. The summed E-state index contributed by atoms with van der Waals surface area (Å²) in [4.78, 5) is 10.2. The number of carbonyl (C=O) groups excluding carboxylic acids is 1. The summed E-state index contributed by atoms with van der Waals surface area (Å²) in [6, 6.07) is 0. The van der Waals surface area contributed by atoms with E-state index in [0.717, 1.165) is 19.3 Å². The molecule has 0 heterocycles. The van der Waals surface area contributed by atoms with E-state index >= 15 is 0 Å². The predicted octanol–water partition coefficient (Wildman–Crippen LogP) is 1.78. The first kappa shape index (κ1) is 24.1. The topological polar surface area (TPSA) is 40.1 Å². The zero-order valence-electron chi connectivity index (χ0n) is 14.4. The van der Waals surface area contributed by atoms with Crippen LogP contribution in [0.5, 0.6) is 0 Å². The number of allylic oxidation sites excluding steroid dienone is 2. The van der Waals surface area contributed by atoms with Crippen molar-refractivity contribution in [2.75, 3.05) is 0 Å². The monoisotopic (exact) mass is 325 g/mol. The molecule has 0 aromatic carbocycles. The molecule has 0 fully saturated rings. The standard InChI is InChI=1S/C18H34O2.K/c1-2-3-4-5-6-7-8-9-10-11-12-13-14-15-16-17-18(19)20;/h9-10H,2-8,11-17H2,1H3,(H,19,20);/q;+1/p-1/b10-9+;/i11+1,12+1,16+1,17+1,18+1;. The van der Waals surface area contributed by atoms with Crippen molar-refractivity contribution >= 4 is 5.97 Å². The third-order valence-corrected chi connectivity index (χ3v) is 3.64. The fourth-order valence-corrected chi connectivity index (χ4v) is 2.34. The Morgan fingerprint density at radius 1 is 0.762 bits per heavy atom. The summed E-state index contributed by atoms with van der Waals surface area (Å²) >= 11 is 0. The SMILES string of the molecule is CCCCCCCC/C=C/[13CH2][13CH2]CCC[13CH2][13CH2][13C](=O)[O-].[K+]. The maximum Gasteiger partial charge on any atom is 1.00 e. The van der Waals surface area contributed by atoms with Gasteiger partial charge in [0.25, 0.3) is 0 Å². The molecule has 21 heavy (non-hydrogen) atoms. The number of hydrogen-bond donors (Lipinski definition) is 0. The van der Waals surface area contributed by atoms with E-state index in [1.165, 1.54) is 64.2 Å². The molecule has 0 spiro atoms. The Hall–Kier alpha value is 0.846. The minimum Gasteiger partial charge on any atom is -0.550 e. The number of carbonyl (C=O) groups is 1. The van der Waals surface area contributed by atoms with Crippen LogP contribution in [0.2, 0.25) is 0 Å². The zero-order chi connectivity index (χ0) is 14.9. The Morgan fingerprint density at radius 2 is 1.19 bits per heavy atom. The maximum absolute atomic E-state index is 10.2. The zero-order valence-corrected chi connectivity index (χ0v) is 17.5. The molecule has 0 aliphatic rings. The Kier molecular flexibility index (Phi) is 23.9. The molecule has 2 nitrogen and oxygen atoms in total. The van der Waals surface area contributed by atoms with Gasteiger partial charge in [-0.05, 0) is 38.5 Å². The minimum atomic E-state index is -0.914. The number of carboxylic acid groups (broad SMARTS) is 1. The van der Waals surface area contributed by atoms with E-state index in [2.05, 4.69) is 19.1 Å². The van der Waals surface area contributed by atoms with E-state index in [4.69, 9.17) is 0 Å². The first-order chi connectivity index (χ1) is 9.77. The molecule has 0 aliphatic heterocycles. The second kappa shape index (κ2) is 20.8. The first-order valence-electron chi connectivity index (χ1n) is 8.62. The van der Waals surface area contributed by atoms with Crippen LogP contribution in [0.1, 0.15) is 96.8 Å². The second-order valence-electron chi connectivity index (χ2n) is 5.71. The molecule has 0 saturated carbocycles. The van der Waals surface area contributed by atoms with Gasteiger partial charge >= 0.3 is 51.4 Å². The van der Waals surface area contributed by atoms with Crippen molar-refractivity contribution < 1.29 is 61.3 Å². The van der Waals surface area contributed by atoms with Gasteiger partial charge in [-0.3, -0.25) is 0 Å². The van der Waals surface area contributed by atoms with Crippen molar-refractivity contribution in [2.45, 2.75) is 96.8 Å². The van der Waals surface area contributed by atoms with E-state index in [0.29, 0.717) is 0 Å². The molecule has 3 heteroatoms. The van der Waals surface area contributed by atoms with Crippen LogP contribution in [0.3, 0.4) is 0 Å². The molecule has 0 bridgehead atoms. The van der Waals surface area contributed by atoms with Crippen molar-refractivity contribution in [3.05, 3.63) is 12.2 Å². The Bertz CT molecular complexity index is 239. The molecule has 0 N–H and O–H groups in total. The number of rotatable bonds is 15. The first-order valence-corrected chi connectivity index (χ1v) is 8.62. The molecule has 118 valence electrons. The molecule has 0 aromatic rings. The van der Waals surface area contributed by atoms with Crippen LogP contribution < -0.4 is 56.5 Å². The van der Waals surface area contributed by atoms with Gasteiger partial charge in [0.2, 0.25) is 0 Å². The third-order valence-electron chi connectivity index (χ3n) is 3.64. The molecule has 0 aliphatic carbocycles. The summed E-state index contributed by atoms with van der Waals surface area (Å²) in [5.74, 6) is -0.914. The van der Waals surface area contributed by atoms with Crippen LogP contribution in [-0.2, 0) is 4.79 Å². The average Bonchev–Trinajstić information content (AvgIpc) is 2.43. The minimum absolute atomic E-state index is 0. The van der Waals surface area contributed by atoms with E-state index in [1.54, 1.807) is 0 Å². The number of aliphatic carboxylic acids is 1. The number of hydrogen-bond acceptors (Lipinski definition) is 2. The molecule has 0 radical (unpaired) electrons. The summed E-state index contributed by atoms with van der Waals surface area (Å²) in [7, 11) is 0. The van der Waals surface area contributed by atoms with Crippen LogP contribution in [0, 0.1) is 0 Å². The summed E-state index contributed by atoms with van der Waals surface area (Å²) in [5.41, 5.74) is 0. The largest absolute Gasteiger partial charge is 1.00 e. The summed E-state index contributed by atoms with van der Waals surface area (Å²) in [5, 5.41) is 10.2.